The lowest BCUT2D eigenvalue weighted by atomic mass is 10.1. The highest BCUT2D eigenvalue weighted by atomic mass is 32.2. The molecule has 0 aliphatic carbocycles. The minimum atomic E-state index is -0.371. The number of benzene rings is 1. The first kappa shape index (κ1) is 20.7. The number of carbonyl (C=O) groups excluding carboxylic acids is 2. The molecular weight excluding hydrogens is 388 g/mol. The molecular formula is C17H22N4O2S3. The van der Waals surface area contributed by atoms with Crippen molar-refractivity contribution in [3.05, 3.63) is 35.9 Å². The van der Waals surface area contributed by atoms with Gasteiger partial charge in [-0.2, -0.15) is 0 Å². The molecule has 1 aromatic heterocycles. The summed E-state index contributed by atoms with van der Waals surface area (Å²) in [6.07, 6.45) is 0.913. The second kappa shape index (κ2) is 10.5. The van der Waals surface area contributed by atoms with Crippen molar-refractivity contribution in [3.8, 4) is 0 Å². The van der Waals surface area contributed by atoms with Crippen LogP contribution in [0.5, 0.6) is 0 Å². The molecule has 1 atom stereocenters. The average molecular weight is 411 g/mol. The zero-order chi connectivity index (χ0) is 18.9. The molecule has 6 nitrogen and oxygen atoms in total. The van der Waals surface area contributed by atoms with Crippen LogP contribution < -0.4 is 5.32 Å². The number of hydrogen-bond donors (Lipinski definition) is 1. The van der Waals surface area contributed by atoms with Gasteiger partial charge in [0.25, 0.3) is 0 Å². The second-order valence-electron chi connectivity index (χ2n) is 5.61. The number of nitrogens with zero attached hydrogens (tertiary/aromatic N) is 3. The number of likely N-dealkylation sites (N-methyl/N-ethyl adjacent to an activating group) is 1. The third kappa shape index (κ3) is 6.30. The predicted molar refractivity (Wildman–Crippen MR) is 108 cm³/mol. The monoisotopic (exact) mass is 410 g/mol. The van der Waals surface area contributed by atoms with Gasteiger partial charge < -0.3 is 10.2 Å². The van der Waals surface area contributed by atoms with Crippen molar-refractivity contribution in [2.45, 2.75) is 27.3 Å². The van der Waals surface area contributed by atoms with Crippen LogP contribution in [0.4, 0.5) is 0 Å². The van der Waals surface area contributed by atoms with Gasteiger partial charge in [-0.3, -0.25) is 9.59 Å². The molecule has 0 radical (unpaired) electrons. The first-order valence-electron chi connectivity index (χ1n) is 8.17. The molecule has 2 aromatic rings. The highest BCUT2D eigenvalue weighted by molar-refractivity contribution is 8.04. The lowest BCUT2D eigenvalue weighted by Crippen LogP contribution is -2.26. The van der Waals surface area contributed by atoms with Gasteiger partial charge in [-0.05, 0) is 12.0 Å². The minimum absolute atomic E-state index is 0.00421. The van der Waals surface area contributed by atoms with Gasteiger partial charge in [0.2, 0.25) is 11.8 Å². The lowest BCUT2D eigenvalue weighted by Gasteiger charge is -2.19. The first-order chi connectivity index (χ1) is 12.5. The molecule has 0 unspecified atom stereocenters. The normalized spacial score (nSPS) is 11.8. The number of hydrogen-bond acceptors (Lipinski definition) is 7. The summed E-state index contributed by atoms with van der Waals surface area (Å²) in [6, 6.07) is 9.64. The first-order valence-corrected chi connectivity index (χ1v) is 10.8. The molecule has 0 saturated carbocycles. The van der Waals surface area contributed by atoms with Crippen molar-refractivity contribution >= 4 is 46.7 Å². The molecule has 0 aliphatic rings. The van der Waals surface area contributed by atoms with Crippen LogP contribution in [-0.2, 0) is 9.59 Å². The van der Waals surface area contributed by atoms with E-state index in [1.165, 1.54) is 34.9 Å². The van der Waals surface area contributed by atoms with Crippen molar-refractivity contribution in [2.75, 3.05) is 26.4 Å². The van der Waals surface area contributed by atoms with Gasteiger partial charge in [-0.25, -0.2) is 0 Å². The standard InChI is InChI=1S/C17H22N4O2S3/c1-4-10-18-13(22)11-24-16-19-20-17(26-16)25-14(15(23)21(2)3)12-8-6-5-7-9-12/h5-9,14H,4,10-11H2,1-3H3,(H,18,22)/t14-/m1/s1. The van der Waals surface area contributed by atoms with Gasteiger partial charge >= 0.3 is 0 Å². The number of aromatic nitrogens is 2. The number of nitrogens with one attached hydrogen (secondary N) is 1. The molecule has 140 valence electrons. The maximum absolute atomic E-state index is 12.6. The Bertz CT molecular complexity index is 722. The van der Waals surface area contributed by atoms with Crippen LogP contribution in [0.15, 0.2) is 39.0 Å². The summed E-state index contributed by atoms with van der Waals surface area (Å²) in [5, 5.41) is 10.8. The van der Waals surface area contributed by atoms with Gasteiger partial charge in [0.05, 0.1) is 5.75 Å². The summed E-state index contributed by atoms with van der Waals surface area (Å²) < 4.78 is 1.44. The SMILES string of the molecule is CCCNC(=O)CSc1nnc(S[C@@H](C(=O)N(C)C)c2ccccc2)s1. The Morgan fingerprint density at radius 3 is 2.54 bits per heavy atom. The largest absolute Gasteiger partial charge is 0.355 e. The zero-order valence-corrected chi connectivity index (χ0v) is 17.4. The fraction of sp³-hybridized carbons (Fsp3) is 0.412. The number of carbonyl (C=O) groups is 2. The molecule has 0 saturated heterocycles. The van der Waals surface area contributed by atoms with Gasteiger partial charge in [0, 0.05) is 20.6 Å². The molecule has 9 heteroatoms. The van der Waals surface area contributed by atoms with Crippen LogP contribution in [0.2, 0.25) is 0 Å². The zero-order valence-electron chi connectivity index (χ0n) is 15.0. The Hall–Kier alpha value is -1.58. The highest BCUT2D eigenvalue weighted by Crippen LogP contribution is 2.39. The quantitative estimate of drug-likeness (QED) is 0.641. The Labute approximate surface area is 166 Å². The summed E-state index contributed by atoms with van der Waals surface area (Å²) in [5.74, 6) is 0.314. The lowest BCUT2D eigenvalue weighted by molar-refractivity contribution is -0.128. The molecule has 1 aromatic carbocycles. The molecule has 0 spiro atoms. The van der Waals surface area contributed by atoms with Crippen molar-refractivity contribution in [1.82, 2.24) is 20.4 Å². The Balaban J connectivity index is 2.02. The maximum Gasteiger partial charge on any atom is 0.240 e. The van der Waals surface area contributed by atoms with Crippen LogP contribution in [0, 0.1) is 0 Å². The fourth-order valence-corrected chi connectivity index (χ4v) is 5.16. The van der Waals surface area contributed by atoms with Crippen LogP contribution in [-0.4, -0.2) is 53.3 Å². The van der Waals surface area contributed by atoms with E-state index >= 15 is 0 Å². The van der Waals surface area contributed by atoms with Crippen molar-refractivity contribution in [2.24, 2.45) is 0 Å². The van der Waals surface area contributed by atoms with E-state index in [2.05, 4.69) is 15.5 Å². The minimum Gasteiger partial charge on any atom is -0.355 e. The average Bonchev–Trinajstić information content (AvgIpc) is 3.10. The third-order valence-corrected chi connectivity index (χ3v) is 6.66. The molecule has 1 heterocycles. The van der Waals surface area contributed by atoms with E-state index in [4.69, 9.17) is 0 Å². The molecule has 0 bridgehead atoms. The fourth-order valence-electron chi connectivity index (χ4n) is 1.97. The summed E-state index contributed by atoms with van der Waals surface area (Å²) >= 11 is 4.15. The van der Waals surface area contributed by atoms with E-state index < -0.39 is 0 Å². The van der Waals surface area contributed by atoms with E-state index in [1.54, 1.807) is 19.0 Å². The Kier molecular flexibility index (Phi) is 8.40. The number of thioether (sulfide) groups is 2. The number of amides is 2. The van der Waals surface area contributed by atoms with Crippen LogP contribution in [0.3, 0.4) is 0 Å². The van der Waals surface area contributed by atoms with E-state index in [9.17, 15) is 9.59 Å². The summed E-state index contributed by atoms with van der Waals surface area (Å²) in [7, 11) is 3.49. The Morgan fingerprint density at radius 2 is 1.88 bits per heavy atom. The Morgan fingerprint density at radius 1 is 1.19 bits per heavy atom. The molecule has 26 heavy (non-hydrogen) atoms. The van der Waals surface area contributed by atoms with Gasteiger partial charge in [-0.15, -0.1) is 10.2 Å². The van der Waals surface area contributed by atoms with Crippen molar-refractivity contribution < 1.29 is 9.59 Å². The molecule has 2 amide bonds. The predicted octanol–water partition coefficient (Wildman–Crippen LogP) is 3.08. The molecule has 1 N–H and O–H groups in total. The van der Waals surface area contributed by atoms with Crippen molar-refractivity contribution in [3.63, 3.8) is 0 Å². The van der Waals surface area contributed by atoms with E-state index in [1.807, 2.05) is 37.3 Å². The van der Waals surface area contributed by atoms with E-state index in [0.29, 0.717) is 16.6 Å². The molecule has 0 fully saturated rings. The van der Waals surface area contributed by atoms with Crippen LogP contribution >= 0.6 is 34.9 Å². The van der Waals surface area contributed by atoms with Gasteiger partial charge in [0.15, 0.2) is 8.68 Å². The highest BCUT2D eigenvalue weighted by Gasteiger charge is 2.25. The molecule has 0 aliphatic heterocycles. The van der Waals surface area contributed by atoms with Crippen LogP contribution in [0.1, 0.15) is 24.2 Å². The second-order valence-corrected chi connectivity index (χ2v) is 9.17. The smallest absolute Gasteiger partial charge is 0.240 e. The summed E-state index contributed by atoms with van der Waals surface area (Å²) in [5.41, 5.74) is 0.930. The van der Waals surface area contributed by atoms with E-state index in [-0.39, 0.29) is 17.1 Å². The molecule has 2 rings (SSSR count). The number of rotatable bonds is 9. The van der Waals surface area contributed by atoms with Crippen molar-refractivity contribution in [1.29, 1.82) is 0 Å². The van der Waals surface area contributed by atoms with E-state index in [0.717, 1.165) is 16.3 Å². The van der Waals surface area contributed by atoms with Crippen LogP contribution in [0.25, 0.3) is 0 Å². The topological polar surface area (TPSA) is 75.2 Å². The maximum atomic E-state index is 12.6. The summed E-state index contributed by atoms with van der Waals surface area (Å²) in [6.45, 7) is 2.70. The van der Waals surface area contributed by atoms with Gasteiger partial charge in [0.1, 0.15) is 5.25 Å². The third-order valence-electron chi connectivity index (χ3n) is 3.27. The van der Waals surface area contributed by atoms with Gasteiger partial charge in [-0.1, -0.05) is 72.1 Å². The summed E-state index contributed by atoms with van der Waals surface area (Å²) in [4.78, 5) is 25.8.